The van der Waals surface area contributed by atoms with Gasteiger partial charge in [-0.15, -0.1) is 0 Å². The molecule has 1 heterocycles. The molecule has 0 spiro atoms. The van der Waals surface area contributed by atoms with Crippen molar-refractivity contribution in [2.45, 2.75) is 20.5 Å². The Morgan fingerprint density at radius 2 is 1.73 bits per heavy atom. The smallest absolute Gasteiger partial charge is 0.445 e. The largest absolute Gasteiger partial charge is 0.448 e. The van der Waals surface area contributed by atoms with Gasteiger partial charge in [0.1, 0.15) is 6.61 Å². The predicted molar refractivity (Wildman–Crippen MR) is 80.7 cm³/mol. The van der Waals surface area contributed by atoms with E-state index in [4.69, 9.17) is 4.74 Å². The number of hydrogen-bond acceptors (Lipinski definition) is 6. The summed E-state index contributed by atoms with van der Waals surface area (Å²) >= 11 is 0. The van der Waals surface area contributed by atoms with Crippen LogP contribution in [0.3, 0.4) is 0 Å². The number of rotatable bonds is 4. The van der Waals surface area contributed by atoms with Crippen molar-refractivity contribution in [3.8, 4) is 0 Å². The molecule has 1 N–H and O–H groups in total. The Hall–Kier alpha value is -2.48. The van der Waals surface area contributed by atoms with Crippen LogP contribution in [0, 0.1) is 13.8 Å². The third-order valence-electron chi connectivity index (χ3n) is 2.63. The van der Waals surface area contributed by atoms with Crippen LogP contribution in [0.4, 0.5) is 10.7 Å². The molecule has 0 atom stereocenters. The number of sulfonamides is 1. The minimum absolute atomic E-state index is 0.131. The fraction of sp³-hybridized carbons (Fsp3) is 0.214. The molecule has 0 saturated carbocycles. The first-order valence-corrected chi connectivity index (χ1v) is 7.91. The lowest BCUT2D eigenvalue weighted by Crippen LogP contribution is -2.25. The van der Waals surface area contributed by atoms with Gasteiger partial charge in [-0.3, -0.25) is 0 Å². The molecule has 0 radical (unpaired) electrons. The minimum Gasteiger partial charge on any atom is -0.448 e. The van der Waals surface area contributed by atoms with Gasteiger partial charge in [0.2, 0.25) is 5.95 Å². The molecule has 0 amide bonds. The molecule has 0 aliphatic rings. The summed E-state index contributed by atoms with van der Waals surface area (Å²) < 4.78 is 30.5. The third-order valence-corrected chi connectivity index (χ3v) is 3.63. The monoisotopic (exact) mass is 321 g/mol. The molecule has 0 saturated heterocycles. The standard InChI is InChI=1S/C14H15N3O4S/c1-10-8-11(2)16-13(15-10)17-22(19,20)14(18)21-9-12-6-4-3-5-7-12/h3-8H,9H2,1-2H3,(H,15,16,17). The van der Waals surface area contributed by atoms with Crippen LogP contribution in [-0.2, 0) is 21.4 Å². The van der Waals surface area contributed by atoms with Crippen LogP contribution in [0.15, 0.2) is 36.4 Å². The lowest BCUT2D eigenvalue weighted by atomic mass is 10.2. The van der Waals surface area contributed by atoms with Crippen LogP contribution < -0.4 is 4.72 Å². The lowest BCUT2D eigenvalue weighted by Gasteiger charge is -2.08. The minimum atomic E-state index is -4.35. The first-order valence-electron chi connectivity index (χ1n) is 6.42. The molecule has 8 heteroatoms. The molecule has 0 unspecified atom stereocenters. The molecule has 116 valence electrons. The van der Waals surface area contributed by atoms with Crippen molar-refractivity contribution in [3.05, 3.63) is 53.3 Å². The van der Waals surface area contributed by atoms with E-state index in [0.29, 0.717) is 17.0 Å². The average Bonchev–Trinajstić information content (AvgIpc) is 2.44. The second kappa shape index (κ2) is 6.52. The predicted octanol–water partition coefficient (Wildman–Crippen LogP) is 2.17. The summed E-state index contributed by atoms with van der Waals surface area (Å²) in [5.41, 5.74) is 1.86. The Kier molecular flexibility index (Phi) is 4.71. The molecular formula is C14H15N3O4S. The Labute approximate surface area is 128 Å². The number of hydrogen-bond donors (Lipinski definition) is 1. The first kappa shape index (κ1) is 15.9. The summed E-state index contributed by atoms with van der Waals surface area (Å²) in [6.45, 7) is 3.26. The Morgan fingerprint density at radius 3 is 2.32 bits per heavy atom. The number of aryl methyl sites for hydroxylation is 2. The quantitative estimate of drug-likeness (QED) is 0.867. The number of carbonyl (C=O) groups excluding carboxylic acids is 1. The van der Waals surface area contributed by atoms with Crippen molar-refractivity contribution in [2.24, 2.45) is 0 Å². The zero-order valence-corrected chi connectivity index (χ0v) is 12.9. The van der Waals surface area contributed by atoms with E-state index < -0.39 is 15.3 Å². The Balaban J connectivity index is 2.04. The molecule has 1 aromatic carbocycles. The molecule has 0 fully saturated rings. The molecular weight excluding hydrogens is 306 g/mol. The van der Waals surface area contributed by atoms with Crippen molar-refractivity contribution >= 4 is 21.3 Å². The first-order chi connectivity index (χ1) is 10.4. The Bertz CT molecular complexity index is 756. The van der Waals surface area contributed by atoms with Gasteiger partial charge in [0.15, 0.2) is 0 Å². The van der Waals surface area contributed by atoms with Crippen molar-refractivity contribution in [1.82, 2.24) is 9.97 Å². The lowest BCUT2D eigenvalue weighted by molar-refractivity contribution is 0.166. The van der Waals surface area contributed by atoms with Gasteiger partial charge < -0.3 is 4.74 Å². The fourth-order valence-electron chi connectivity index (χ4n) is 1.73. The summed E-state index contributed by atoms with van der Waals surface area (Å²) in [4.78, 5) is 19.5. The average molecular weight is 321 g/mol. The summed E-state index contributed by atoms with van der Waals surface area (Å²) in [5.74, 6) is -0.158. The van der Waals surface area contributed by atoms with Crippen molar-refractivity contribution in [2.75, 3.05) is 4.72 Å². The van der Waals surface area contributed by atoms with Gasteiger partial charge in [-0.25, -0.2) is 19.5 Å². The number of nitrogens with one attached hydrogen (secondary N) is 1. The highest BCUT2D eigenvalue weighted by molar-refractivity contribution is 8.06. The summed E-state index contributed by atoms with van der Waals surface area (Å²) in [5, 5.41) is -1.38. The van der Waals surface area contributed by atoms with E-state index in [2.05, 4.69) is 9.97 Å². The van der Waals surface area contributed by atoms with Crippen molar-refractivity contribution in [3.63, 3.8) is 0 Å². The SMILES string of the molecule is Cc1cc(C)nc(NS(=O)(=O)C(=O)OCc2ccccc2)n1. The number of carbonyl (C=O) groups is 1. The molecule has 22 heavy (non-hydrogen) atoms. The highest BCUT2D eigenvalue weighted by atomic mass is 32.2. The van der Waals surface area contributed by atoms with E-state index >= 15 is 0 Å². The van der Waals surface area contributed by atoms with E-state index in [-0.39, 0.29) is 12.6 Å². The van der Waals surface area contributed by atoms with Crippen LogP contribution in [0.1, 0.15) is 17.0 Å². The molecule has 0 aliphatic carbocycles. The second-order valence-corrected chi connectivity index (χ2v) is 6.15. The number of aromatic nitrogens is 2. The van der Waals surface area contributed by atoms with Crippen LogP contribution in [0.2, 0.25) is 0 Å². The highest BCUT2D eigenvalue weighted by Crippen LogP contribution is 2.09. The van der Waals surface area contributed by atoms with Gasteiger partial charge >= 0.3 is 15.3 Å². The second-order valence-electron chi connectivity index (χ2n) is 4.60. The molecule has 0 bridgehead atoms. The number of nitrogens with zero attached hydrogens (tertiary/aromatic N) is 2. The molecule has 1 aromatic heterocycles. The van der Waals surface area contributed by atoms with Gasteiger partial charge in [0, 0.05) is 11.4 Å². The van der Waals surface area contributed by atoms with Crippen LogP contribution >= 0.6 is 0 Å². The fourth-order valence-corrected chi connectivity index (χ4v) is 2.36. The summed E-state index contributed by atoms with van der Waals surface area (Å²) in [6.07, 6.45) is 0. The van der Waals surface area contributed by atoms with Gasteiger partial charge in [0.25, 0.3) is 0 Å². The van der Waals surface area contributed by atoms with Crippen LogP contribution in [0.5, 0.6) is 0 Å². The zero-order valence-electron chi connectivity index (χ0n) is 12.1. The maximum atomic E-state index is 11.9. The number of ether oxygens (including phenoxy) is 1. The zero-order chi connectivity index (χ0) is 16.2. The number of anilines is 1. The van der Waals surface area contributed by atoms with E-state index in [9.17, 15) is 13.2 Å². The maximum absolute atomic E-state index is 11.9. The van der Waals surface area contributed by atoms with Gasteiger partial charge in [0.05, 0.1) is 0 Å². The summed E-state index contributed by atoms with van der Waals surface area (Å²) in [6, 6.07) is 10.5. The van der Waals surface area contributed by atoms with E-state index in [1.807, 2.05) is 4.72 Å². The van der Waals surface area contributed by atoms with Crippen molar-refractivity contribution < 1.29 is 17.9 Å². The third kappa shape index (κ3) is 4.26. The highest BCUT2D eigenvalue weighted by Gasteiger charge is 2.25. The van der Waals surface area contributed by atoms with Gasteiger partial charge in [-0.05, 0) is 25.5 Å². The number of benzene rings is 1. The van der Waals surface area contributed by atoms with E-state index in [0.717, 1.165) is 0 Å². The van der Waals surface area contributed by atoms with E-state index in [1.165, 1.54) is 0 Å². The van der Waals surface area contributed by atoms with Crippen LogP contribution in [-0.4, -0.2) is 23.7 Å². The van der Waals surface area contributed by atoms with E-state index in [1.54, 1.807) is 50.2 Å². The van der Waals surface area contributed by atoms with Gasteiger partial charge in [-0.2, -0.15) is 8.42 Å². The molecule has 0 aliphatic heterocycles. The molecule has 2 aromatic rings. The maximum Gasteiger partial charge on any atom is 0.445 e. The summed E-state index contributed by atoms with van der Waals surface area (Å²) in [7, 11) is -4.35. The topological polar surface area (TPSA) is 98.2 Å². The van der Waals surface area contributed by atoms with Gasteiger partial charge in [-0.1, -0.05) is 30.3 Å². The normalized spacial score (nSPS) is 11.0. The van der Waals surface area contributed by atoms with Crippen LogP contribution in [0.25, 0.3) is 0 Å². The molecule has 7 nitrogen and oxygen atoms in total. The molecule has 2 rings (SSSR count). The van der Waals surface area contributed by atoms with Crippen molar-refractivity contribution in [1.29, 1.82) is 0 Å². The Morgan fingerprint density at radius 1 is 1.14 bits per heavy atom.